The molecule has 0 bridgehead atoms. The highest BCUT2D eigenvalue weighted by molar-refractivity contribution is 4.94. The maximum Gasteiger partial charge on any atom is 0.00110 e. The second-order valence-corrected chi connectivity index (χ2v) is 3.03. The fourth-order valence-electron chi connectivity index (χ4n) is 1.06. The van der Waals surface area contributed by atoms with Gasteiger partial charge in [0.1, 0.15) is 0 Å². The van der Waals surface area contributed by atoms with E-state index in [9.17, 15) is 0 Å². The van der Waals surface area contributed by atoms with Gasteiger partial charge in [-0.3, -0.25) is 0 Å². The molecule has 2 N–H and O–H groups in total. The van der Waals surface area contributed by atoms with Crippen molar-refractivity contribution in [1.82, 2.24) is 0 Å². The van der Waals surface area contributed by atoms with E-state index < -0.39 is 0 Å². The molecule has 0 rings (SSSR count). The van der Waals surface area contributed by atoms with Gasteiger partial charge in [0.25, 0.3) is 0 Å². The Morgan fingerprint density at radius 2 is 2.20 bits per heavy atom. The van der Waals surface area contributed by atoms with Crippen LogP contribution in [0.15, 0.2) is 11.8 Å². The third kappa shape index (κ3) is 5.67. The van der Waals surface area contributed by atoms with Crippen molar-refractivity contribution >= 4 is 0 Å². The molecule has 0 spiro atoms. The lowest BCUT2D eigenvalue weighted by molar-refractivity contribution is 0.595. The Balaban J connectivity index is 3.43. The molecule has 10 heavy (non-hydrogen) atoms. The summed E-state index contributed by atoms with van der Waals surface area (Å²) in [5, 5.41) is 0. The van der Waals surface area contributed by atoms with E-state index in [1.165, 1.54) is 19.3 Å². The van der Waals surface area contributed by atoms with Crippen molar-refractivity contribution in [2.45, 2.75) is 40.0 Å². The zero-order valence-corrected chi connectivity index (χ0v) is 7.35. The first-order chi connectivity index (χ1) is 4.66. The Labute approximate surface area is 64.3 Å². The van der Waals surface area contributed by atoms with Crippen molar-refractivity contribution < 1.29 is 0 Å². The molecule has 0 aliphatic heterocycles. The van der Waals surface area contributed by atoms with Crippen LogP contribution in [0.1, 0.15) is 40.0 Å². The Morgan fingerprint density at radius 3 is 2.60 bits per heavy atom. The summed E-state index contributed by atoms with van der Waals surface area (Å²) in [5.74, 6) is 0.657. The summed E-state index contributed by atoms with van der Waals surface area (Å²) >= 11 is 0. The Hall–Kier alpha value is -0.460. The van der Waals surface area contributed by atoms with Crippen LogP contribution in [0.3, 0.4) is 0 Å². The van der Waals surface area contributed by atoms with Gasteiger partial charge >= 0.3 is 0 Å². The van der Waals surface area contributed by atoms with Gasteiger partial charge in [0.2, 0.25) is 0 Å². The maximum atomic E-state index is 5.53. The van der Waals surface area contributed by atoms with Crippen LogP contribution in [-0.4, -0.2) is 0 Å². The Morgan fingerprint density at radius 1 is 1.60 bits per heavy atom. The van der Waals surface area contributed by atoms with Crippen LogP contribution < -0.4 is 5.73 Å². The molecule has 0 heterocycles. The van der Waals surface area contributed by atoms with Crippen molar-refractivity contribution in [2.75, 3.05) is 0 Å². The Kier molecular flexibility index (Phi) is 5.09. The topological polar surface area (TPSA) is 26.0 Å². The van der Waals surface area contributed by atoms with Gasteiger partial charge in [-0.05, 0) is 19.3 Å². The molecule has 1 nitrogen and oxygen atoms in total. The van der Waals surface area contributed by atoms with Crippen LogP contribution in [0, 0.1) is 5.92 Å². The first-order valence-corrected chi connectivity index (χ1v) is 4.10. The van der Waals surface area contributed by atoms with Crippen LogP contribution in [0.5, 0.6) is 0 Å². The van der Waals surface area contributed by atoms with Crippen LogP contribution >= 0.6 is 0 Å². The molecule has 1 atom stereocenters. The second kappa shape index (κ2) is 5.33. The second-order valence-electron chi connectivity index (χ2n) is 3.03. The van der Waals surface area contributed by atoms with Crippen molar-refractivity contribution in [2.24, 2.45) is 11.7 Å². The minimum Gasteiger partial charge on any atom is -0.403 e. The number of unbranched alkanes of at least 4 members (excludes halogenated alkanes) is 1. The number of rotatable bonds is 4. The van der Waals surface area contributed by atoms with E-state index in [0.717, 1.165) is 5.70 Å². The van der Waals surface area contributed by atoms with Gasteiger partial charge in [-0.2, -0.15) is 0 Å². The lowest BCUT2D eigenvalue weighted by atomic mass is 10.0. The van der Waals surface area contributed by atoms with Crippen molar-refractivity contribution in [3.05, 3.63) is 11.8 Å². The molecule has 1 heteroatoms. The van der Waals surface area contributed by atoms with Gasteiger partial charge in [0.15, 0.2) is 0 Å². The molecule has 0 fully saturated rings. The predicted octanol–water partition coefficient (Wildman–Crippen LogP) is 2.68. The molecule has 0 aromatic carbocycles. The van der Waals surface area contributed by atoms with Gasteiger partial charge in [-0.15, -0.1) is 0 Å². The van der Waals surface area contributed by atoms with Crippen molar-refractivity contribution in [3.8, 4) is 0 Å². The lowest BCUT2D eigenvalue weighted by Gasteiger charge is -2.04. The summed E-state index contributed by atoms with van der Waals surface area (Å²) in [4.78, 5) is 0. The molecule has 0 aliphatic rings. The molecule has 0 radical (unpaired) electrons. The molecule has 1 unspecified atom stereocenters. The molecule has 60 valence electrons. The summed E-state index contributed by atoms with van der Waals surface area (Å²) < 4.78 is 0. The first-order valence-electron chi connectivity index (χ1n) is 4.10. The van der Waals surface area contributed by atoms with Crippen LogP contribution in [-0.2, 0) is 0 Å². The van der Waals surface area contributed by atoms with E-state index in [-0.39, 0.29) is 0 Å². The molecular formula is C9H19N. The lowest BCUT2D eigenvalue weighted by Crippen LogP contribution is -1.96. The zero-order chi connectivity index (χ0) is 7.98. The van der Waals surface area contributed by atoms with Crippen molar-refractivity contribution in [3.63, 3.8) is 0 Å². The van der Waals surface area contributed by atoms with Crippen molar-refractivity contribution in [1.29, 1.82) is 0 Å². The Bertz CT molecular complexity index is 101. The third-order valence-corrected chi connectivity index (χ3v) is 1.56. The van der Waals surface area contributed by atoms with E-state index in [0.29, 0.717) is 5.92 Å². The molecule has 0 aliphatic carbocycles. The summed E-state index contributed by atoms with van der Waals surface area (Å²) in [6.07, 6.45) is 5.99. The van der Waals surface area contributed by atoms with E-state index in [1.807, 2.05) is 6.92 Å². The van der Waals surface area contributed by atoms with E-state index in [4.69, 9.17) is 5.73 Å². The molecular weight excluding hydrogens is 122 g/mol. The fraction of sp³-hybridized carbons (Fsp3) is 0.778. The average Bonchev–Trinajstić information content (AvgIpc) is 1.82. The van der Waals surface area contributed by atoms with Gasteiger partial charge in [-0.1, -0.05) is 32.8 Å². The number of nitrogens with two attached hydrogens (primary N) is 1. The summed E-state index contributed by atoms with van der Waals surface area (Å²) in [7, 11) is 0. The van der Waals surface area contributed by atoms with Gasteiger partial charge in [0, 0.05) is 5.70 Å². The highest BCUT2D eigenvalue weighted by Gasteiger charge is 1.95. The summed E-state index contributed by atoms with van der Waals surface area (Å²) in [6.45, 7) is 6.38. The highest BCUT2D eigenvalue weighted by atomic mass is 14.5. The molecule has 0 amide bonds. The third-order valence-electron chi connectivity index (χ3n) is 1.56. The van der Waals surface area contributed by atoms with Gasteiger partial charge < -0.3 is 5.73 Å². The monoisotopic (exact) mass is 141 g/mol. The minimum atomic E-state index is 0.657. The summed E-state index contributed by atoms with van der Waals surface area (Å²) in [5.41, 5.74) is 6.47. The van der Waals surface area contributed by atoms with Crippen LogP contribution in [0.25, 0.3) is 0 Å². The molecule has 0 saturated heterocycles. The number of allylic oxidation sites excluding steroid dienone is 2. The largest absolute Gasteiger partial charge is 0.403 e. The predicted molar refractivity (Wildman–Crippen MR) is 46.6 cm³/mol. The SMILES string of the molecule is CCCCC(C)/C=C(\C)N. The van der Waals surface area contributed by atoms with E-state index >= 15 is 0 Å². The molecule has 0 saturated carbocycles. The van der Waals surface area contributed by atoms with Gasteiger partial charge in [-0.25, -0.2) is 0 Å². The van der Waals surface area contributed by atoms with Crippen LogP contribution in [0.2, 0.25) is 0 Å². The summed E-state index contributed by atoms with van der Waals surface area (Å²) in [6, 6.07) is 0. The standard InChI is InChI=1S/C9H19N/c1-4-5-6-8(2)7-9(3)10/h7-8H,4-6,10H2,1-3H3/b9-7+. The zero-order valence-electron chi connectivity index (χ0n) is 7.35. The number of hydrogen-bond acceptors (Lipinski definition) is 1. The first kappa shape index (κ1) is 9.54. The van der Waals surface area contributed by atoms with Crippen LogP contribution in [0.4, 0.5) is 0 Å². The van der Waals surface area contributed by atoms with E-state index in [1.54, 1.807) is 0 Å². The highest BCUT2D eigenvalue weighted by Crippen LogP contribution is 2.09. The normalized spacial score (nSPS) is 15.3. The van der Waals surface area contributed by atoms with E-state index in [2.05, 4.69) is 19.9 Å². The molecule has 0 aromatic rings. The average molecular weight is 141 g/mol. The molecule has 0 aromatic heterocycles. The number of hydrogen-bond donors (Lipinski definition) is 1. The quantitative estimate of drug-likeness (QED) is 0.640. The maximum absolute atomic E-state index is 5.53. The smallest absolute Gasteiger partial charge is 0.00110 e. The van der Waals surface area contributed by atoms with Gasteiger partial charge in [0.05, 0.1) is 0 Å². The minimum absolute atomic E-state index is 0.657. The fourth-order valence-corrected chi connectivity index (χ4v) is 1.06.